The molecule has 1 N–H and O–H groups in total. The van der Waals surface area contributed by atoms with Gasteiger partial charge in [0.2, 0.25) is 5.91 Å². The number of aromatic nitrogens is 3. The van der Waals surface area contributed by atoms with E-state index in [0.717, 1.165) is 27.9 Å². The fourth-order valence-corrected chi connectivity index (χ4v) is 3.58. The Kier molecular flexibility index (Phi) is 5.09. The number of likely N-dealkylation sites (tertiary alicyclic amines) is 1. The van der Waals surface area contributed by atoms with Crippen LogP contribution in [0.15, 0.2) is 36.7 Å². The van der Waals surface area contributed by atoms with E-state index in [4.69, 9.17) is 0 Å². The molecule has 3 aromatic rings. The van der Waals surface area contributed by atoms with E-state index in [9.17, 15) is 9.18 Å². The topological polar surface area (TPSA) is 63.1 Å². The Morgan fingerprint density at radius 2 is 1.96 bits per heavy atom. The van der Waals surface area contributed by atoms with Crippen LogP contribution in [-0.2, 0) is 11.8 Å². The number of anilines is 1. The molecule has 1 fully saturated rings. The van der Waals surface area contributed by atoms with Crippen LogP contribution < -0.4 is 5.32 Å². The van der Waals surface area contributed by atoms with Gasteiger partial charge in [0.15, 0.2) is 0 Å². The number of hydrogen-bond donors (Lipinski definition) is 1. The average Bonchev–Trinajstić information content (AvgIpc) is 3.02. The summed E-state index contributed by atoms with van der Waals surface area (Å²) >= 11 is 0. The Hall–Kier alpha value is -2.80. The molecule has 0 bridgehead atoms. The number of carbonyl (C=O) groups is 1. The minimum absolute atomic E-state index is 0.123. The van der Waals surface area contributed by atoms with Gasteiger partial charge >= 0.3 is 0 Å². The van der Waals surface area contributed by atoms with Crippen LogP contribution in [0.5, 0.6) is 0 Å². The molecular formula is C21H24FN5O. The van der Waals surface area contributed by atoms with Gasteiger partial charge in [-0.2, -0.15) is 0 Å². The SMILES string of the molecule is Cc1ncc(-c2ccc3cnc(NC(=O)CN4CCC(F)CC4)cc3c2)n1C. The van der Waals surface area contributed by atoms with E-state index >= 15 is 0 Å². The Morgan fingerprint density at radius 3 is 2.68 bits per heavy atom. The molecule has 1 aliphatic rings. The molecule has 0 aliphatic carbocycles. The summed E-state index contributed by atoms with van der Waals surface area (Å²) in [6, 6.07) is 8.03. The highest BCUT2D eigenvalue weighted by molar-refractivity contribution is 5.94. The van der Waals surface area contributed by atoms with Gasteiger partial charge in [-0.15, -0.1) is 0 Å². The number of carbonyl (C=O) groups excluding carboxylic acids is 1. The summed E-state index contributed by atoms with van der Waals surface area (Å²) in [5.41, 5.74) is 2.10. The maximum Gasteiger partial charge on any atom is 0.239 e. The van der Waals surface area contributed by atoms with Crippen LogP contribution in [0.1, 0.15) is 18.7 Å². The fraction of sp³-hybridized carbons (Fsp3) is 0.381. The molecule has 1 saturated heterocycles. The van der Waals surface area contributed by atoms with Crippen molar-refractivity contribution in [1.82, 2.24) is 19.4 Å². The third kappa shape index (κ3) is 3.89. The Labute approximate surface area is 163 Å². The van der Waals surface area contributed by atoms with Gasteiger partial charge in [-0.05, 0) is 37.3 Å². The molecule has 1 aromatic carbocycles. The molecule has 1 aliphatic heterocycles. The fourth-order valence-electron chi connectivity index (χ4n) is 3.58. The van der Waals surface area contributed by atoms with Crippen molar-refractivity contribution in [1.29, 1.82) is 0 Å². The smallest absolute Gasteiger partial charge is 0.239 e. The summed E-state index contributed by atoms with van der Waals surface area (Å²) in [5, 5.41) is 4.87. The lowest BCUT2D eigenvalue weighted by Gasteiger charge is -2.27. The van der Waals surface area contributed by atoms with Crippen molar-refractivity contribution >= 4 is 22.5 Å². The minimum Gasteiger partial charge on any atom is -0.331 e. The second-order valence-electron chi connectivity index (χ2n) is 7.38. The molecule has 0 radical (unpaired) electrons. The largest absolute Gasteiger partial charge is 0.331 e. The van der Waals surface area contributed by atoms with Gasteiger partial charge < -0.3 is 9.88 Å². The second kappa shape index (κ2) is 7.67. The van der Waals surface area contributed by atoms with Crippen molar-refractivity contribution in [3.8, 4) is 11.3 Å². The molecule has 0 spiro atoms. The van der Waals surface area contributed by atoms with Crippen molar-refractivity contribution in [3.05, 3.63) is 42.5 Å². The van der Waals surface area contributed by atoms with E-state index in [0.29, 0.717) is 31.7 Å². The van der Waals surface area contributed by atoms with Gasteiger partial charge in [-0.3, -0.25) is 9.69 Å². The molecule has 2 aromatic heterocycles. The van der Waals surface area contributed by atoms with E-state index in [1.807, 2.05) is 47.8 Å². The van der Waals surface area contributed by atoms with Gasteiger partial charge in [-0.25, -0.2) is 14.4 Å². The highest BCUT2D eigenvalue weighted by atomic mass is 19.1. The molecule has 1 amide bonds. The van der Waals surface area contributed by atoms with Crippen LogP contribution in [0.4, 0.5) is 10.2 Å². The number of aryl methyl sites for hydroxylation is 1. The van der Waals surface area contributed by atoms with Crippen molar-refractivity contribution in [3.63, 3.8) is 0 Å². The summed E-state index contributed by atoms with van der Waals surface area (Å²) < 4.78 is 15.3. The molecule has 0 saturated carbocycles. The number of nitrogens with zero attached hydrogens (tertiary/aromatic N) is 4. The Balaban J connectivity index is 1.50. The number of piperidine rings is 1. The van der Waals surface area contributed by atoms with Crippen LogP contribution in [-0.4, -0.2) is 51.1 Å². The number of amides is 1. The zero-order chi connectivity index (χ0) is 19.7. The van der Waals surface area contributed by atoms with Gasteiger partial charge in [0.25, 0.3) is 0 Å². The van der Waals surface area contributed by atoms with Crippen LogP contribution in [0.25, 0.3) is 22.0 Å². The zero-order valence-corrected chi connectivity index (χ0v) is 16.2. The number of alkyl halides is 1. The van der Waals surface area contributed by atoms with Crippen LogP contribution in [0.3, 0.4) is 0 Å². The molecule has 0 atom stereocenters. The van der Waals surface area contributed by atoms with Crippen LogP contribution in [0.2, 0.25) is 0 Å². The number of imidazole rings is 1. The predicted molar refractivity (Wildman–Crippen MR) is 108 cm³/mol. The molecule has 146 valence electrons. The first-order valence-corrected chi connectivity index (χ1v) is 9.54. The van der Waals surface area contributed by atoms with Gasteiger partial charge in [0.1, 0.15) is 17.8 Å². The van der Waals surface area contributed by atoms with Gasteiger partial charge in [0.05, 0.1) is 18.4 Å². The molecular weight excluding hydrogens is 357 g/mol. The van der Waals surface area contributed by atoms with Crippen molar-refractivity contribution in [2.75, 3.05) is 25.0 Å². The predicted octanol–water partition coefficient (Wildman–Crippen LogP) is 3.32. The third-order valence-electron chi connectivity index (χ3n) is 5.39. The molecule has 3 heterocycles. The molecule has 28 heavy (non-hydrogen) atoms. The zero-order valence-electron chi connectivity index (χ0n) is 16.2. The quantitative estimate of drug-likeness (QED) is 0.753. The summed E-state index contributed by atoms with van der Waals surface area (Å²) in [6.07, 6.45) is 3.88. The average molecular weight is 381 g/mol. The lowest BCUT2D eigenvalue weighted by Crippen LogP contribution is -2.39. The molecule has 7 heteroatoms. The number of hydrogen-bond acceptors (Lipinski definition) is 4. The normalized spacial score (nSPS) is 15.8. The number of rotatable bonds is 4. The monoisotopic (exact) mass is 381 g/mol. The van der Waals surface area contributed by atoms with E-state index in [1.165, 1.54) is 0 Å². The first-order chi connectivity index (χ1) is 13.5. The lowest BCUT2D eigenvalue weighted by molar-refractivity contribution is -0.117. The summed E-state index contributed by atoms with van der Waals surface area (Å²) in [5.74, 6) is 1.35. The standard InChI is InChI=1S/C21H24FN5O/c1-14-23-12-19(26(14)2)15-3-4-16-11-24-20(10-17(16)9-15)25-21(28)13-27-7-5-18(22)6-8-27/h3-4,9-12,18H,5-8,13H2,1-2H3,(H,24,25,28). The summed E-state index contributed by atoms with van der Waals surface area (Å²) in [4.78, 5) is 23.0. The highest BCUT2D eigenvalue weighted by Gasteiger charge is 2.20. The Bertz CT molecular complexity index is 1010. The summed E-state index contributed by atoms with van der Waals surface area (Å²) in [7, 11) is 1.99. The minimum atomic E-state index is -0.737. The van der Waals surface area contributed by atoms with E-state index in [-0.39, 0.29) is 12.5 Å². The maximum absolute atomic E-state index is 13.2. The van der Waals surface area contributed by atoms with Gasteiger partial charge in [0, 0.05) is 37.3 Å². The Morgan fingerprint density at radius 1 is 1.18 bits per heavy atom. The number of nitrogens with one attached hydrogen (secondary N) is 1. The van der Waals surface area contributed by atoms with Crippen molar-refractivity contribution in [2.24, 2.45) is 7.05 Å². The number of pyridine rings is 1. The molecule has 4 rings (SSSR count). The number of halogens is 1. The van der Waals surface area contributed by atoms with Crippen LogP contribution >= 0.6 is 0 Å². The second-order valence-corrected chi connectivity index (χ2v) is 7.38. The molecule has 0 unspecified atom stereocenters. The van der Waals surface area contributed by atoms with Crippen molar-refractivity contribution < 1.29 is 9.18 Å². The van der Waals surface area contributed by atoms with Crippen LogP contribution in [0, 0.1) is 6.92 Å². The number of fused-ring (bicyclic) bond motifs is 1. The third-order valence-corrected chi connectivity index (χ3v) is 5.39. The maximum atomic E-state index is 13.2. The summed E-state index contributed by atoms with van der Waals surface area (Å²) in [6.45, 7) is 3.47. The lowest BCUT2D eigenvalue weighted by atomic mass is 10.1. The number of benzene rings is 1. The van der Waals surface area contributed by atoms with Crippen molar-refractivity contribution in [2.45, 2.75) is 25.9 Å². The van der Waals surface area contributed by atoms with E-state index < -0.39 is 6.17 Å². The van der Waals surface area contributed by atoms with Gasteiger partial charge in [-0.1, -0.05) is 12.1 Å². The first-order valence-electron chi connectivity index (χ1n) is 9.54. The van der Waals surface area contributed by atoms with E-state index in [1.54, 1.807) is 6.20 Å². The highest BCUT2D eigenvalue weighted by Crippen LogP contribution is 2.25. The first kappa shape index (κ1) is 18.6. The van der Waals surface area contributed by atoms with E-state index in [2.05, 4.69) is 21.4 Å². The molecule has 6 nitrogen and oxygen atoms in total.